The molecule has 1 aliphatic heterocycles. The molecule has 0 spiro atoms. The third-order valence-corrected chi connectivity index (χ3v) is 8.48. The number of carbonyl (C=O) groups is 1. The van der Waals surface area contributed by atoms with E-state index in [2.05, 4.69) is 46.4 Å². The maximum atomic E-state index is 12.6. The number of aryl methyl sites for hydroxylation is 1. The normalized spacial score (nSPS) is 14.7. The van der Waals surface area contributed by atoms with Gasteiger partial charge in [0.15, 0.2) is 4.34 Å². The highest BCUT2D eigenvalue weighted by Crippen LogP contribution is 2.29. The van der Waals surface area contributed by atoms with Gasteiger partial charge >= 0.3 is 0 Å². The van der Waals surface area contributed by atoms with E-state index >= 15 is 0 Å². The highest BCUT2D eigenvalue weighted by Gasteiger charge is 2.22. The molecule has 0 bridgehead atoms. The Kier molecular flexibility index (Phi) is 7.50. The van der Waals surface area contributed by atoms with E-state index in [1.807, 2.05) is 23.1 Å². The summed E-state index contributed by atoms with van der Waals surface area (Å²) < 4.78 is 1.62. The summed E-state index contributed by atoms with van der Waals surface area (Å²) in [5, 5.41) is 12.5. The zero-order valence-corrected chi connectivity index (χ0v) is 20.6. The fourth-order valence-corrected chi connectivity index (χ4v) is 6.14. The van der Waals surface area contributed by atoms with Gasteiger partial charge in [-0.1, -0.05) is 46.8 Å². The van der Waals surface area contributed by atoms with Crippen molar-refractivity contribution in [1.82, 2.24) is 20.0 Å². The minimum atomic E-state index is 0.156. The highest BCUT2D eigenvalue weighted by atomic mass is 35.5. The van der Waals surface area contributed by atoms with Crippen molar-refractivity contribution in [2.24, 2.45) is 0 Å². The number of thiophene rings is 1. The number of amides is 1. The average molecular weight is 494 g/mol. The van der Waals surface area contributed by atoms with Crippen LogP contribution in [0.15, 0.2) is 34.7 Å². The molecule has 3 aromatic rings. The number of benzene rings is 1. The molecule has 6 nitrogen and oxygen atoms in total. The lowest BCUT2D eigenvalue weighted by molar-refractivity contribution is -0.130. The van der Waals surface area contributed by atoms with E-state index in [-0.39, 0.29) is 5.91 Å². The molecule has 1 aromatic carbocycles. The molecule has 3 heterocycles. The molecular weight excluding hydrogens is 470 g/mol. The fraction of sp³-hybridized carbons (Fsp3) is 0.381. The van der Waals surface area contributed by atoms with Crippen LogP contribution in [0.1, 0.15) is 16.0 Å². The standard InChI is InChI=1S/C21H24ClN5OS3/c1-14-4-3-5-17(15(14)2)23-20-24-25-21(31-20)29-13-19(28)27-10-8-26(9-11-27)12-16-6-7-18(22)30-16/h3-7H,8-13H2,1-2H3,(H,23,24). The molecule has 4 rings (SSSR count). The summed E-state index contributed by atoms with van der Waals surface area (Å²) in [5.41, 5.74) is 3.46. The van der Waals surface area contributed by atoms with E-state index in [1.54, 1.807) is 11.3 Å². The van der Waals surface area contributed by atoms with Gasteiger partial charge in [0.05, 0.1) is 10.1 Å². The van der Waals surface area contributed by atoms with E-state index in [9.17, 15) is 4.79 Å². The monoisotopic (exact) mass is 493 g/mol. The summed E-state index contributed by atoms with van der Waals surface area (Å²) in [6.07, 6.45) is 0. The second kappa shape index (κ2) is 10.3. The number of hydrogen-bond acceptors (Lipinski definition) is 8. The number of halogens is 1. The summed E-state index contributed by atoms with van der Waals surface area (Å²) in [7, 11) is 0. The number of aromatic nitrogens is 2. The first kappa shape index (κ1) is 22.5. The van der Waals surface area contributed by atoms with Gasteiger partial charge in [0.25, 0.3) is 0 Å². The molecular formula is C21H24ClN5OS3. The van der Waals surface area contributed by atoms with Crippen molar-refractivity contribution >= 4 is 62.8 Å². The molecule has 0 atom stereocenters. The molecule has 0 saturated carbocycles. The Morgan fingerprint density at radius 1 is 1.13 bits per heavy atom. The van der Waals surface area contributed by atoms with Crippen molar-refractivity contribution in [1.29, 1.82) is 0 Å². The topological polar surface area (TPSA) is 61.4 Å². The Morgan fingerprint density at radius 3 is 2.68 bits per heavy atom. The first-order valence-corrected chi connectivity index (χ1v) is 13.0. The lowest BCUT2D eigenvalue weighted by atomic mass is 10.1. The predicted molar refractivity (Wildman–Crippen MR) is 131 cm³/mol. The summed E-state index contributed by atoms with van der Waals surface area (Å²) >= 11 is 10.6. The second-order valence-electron chi connectivity index (χ2n) is 7.40. The Balaban J connectivity index is 1.23. The van der Waals surface area contributed by atoms with Gasteiger partial charge in [0.2, 0.25) is 11.0 Å². The van der Waals surface area contributed by atoms with E-state index in [1.165, 1.54) is 39.1 Å². The highest BCUT2D eigenvalue weighted by molar-refractivity contribution is 8.01. The molecule has 0 radical (unpaired) electrons. The number of hydrogen-bond donors (Lipinski definition) is 1. The number of nitrogens with one attached hydrogen (secondary N) is 1. The number of carbonyl (C=O) groups excluding carboxylic acids is 1. The summed E-state index contributed by atoms with van der Waals surface area (Å²) in [4.78, 5) is 18.2. The molecule has 1 saturated heterocycles. The third kappa shape index (κ3) is 5.98. The molecule has 0 unspecified atom stereocenters. The minimum absolute atomic E-state index is 0.156. The Morgan fingerprint density at radius 2 is 1.94 bits per heavy atom. The summed E-state index contributed by atoms with van der Waals surface area (Å²) in [6.45, 7) is 8.36. The second-order valence-corrected chi connectivity index (χ2v) is 11.4. The van der Waals surface area contributed by atoms with E-state index in [0.29, 0.717) is 5.75 Å². The van der Waals surface area contributed by atoms with E-state index in [0.717, 1.165) is 52.2 Å². The van der Waals surface area contributed by atoms with Gasteiger partial charge in [0.1, 0.15) is 0 Å². The van der Waals surface area contributed by atoms with Crippen molar-refractivity contribution in [2.45, 2.75) is 24.7 Å². The molecule has 1 amide bonds. The van der Waals surface area contributed by atoms with Crippen molar-refractivity contribution in [3.8, 4) is 0 Å². The lowest BCUT2D eigenvalue weighted by Crippen LogP contribution is -2.48. The van der Waals surface area contributed by atoms with Crippen molar-refractivity contribution < 1.29 is 4.79 Å². The predicted octanol–water partition coefficient (Wildman–Crippen LogP) is 5.05. The van der Waals surface area contributed by atoms with Crippen LogP contribution in [0.25, 0.3) is 0 Å². The number of piperazine rings is 1. The first-order chi connectivity index (χ1) is 15.0. The third-order valence-electron chi connectivity index (χ3n) is 5.31. The molecule has 1 N–H and O–H groups in total. The van der Waals surface area contributed by atoms with Crippen LogP contribution in [-0.2, 0) is 11.3 Å². The molecule has 164 valence electrons. The number of anilines is 2. The average Bonchev–Trinajstić information content (AvgIpc) is 3.39. The maximum absolute atomic E-state index is 12.6. The Bertz CT molecular complexity index is 1050. The van der Waals surface area contributed by atoms with Gasteiger partial charge in [-0.05, 0) is 43.2 Å². The summed E-state index contributed by atoms with van der Waals surface area (Å²) in [5.74, 6) is 0.543. The van der Waals surface area contributed by atoms with Gasteiger partial charge in [-0.3, -0.25) is 9.69 Å². The molecule has 1 aliphatic rings. The van der Waals surface area contributed by atoms with Crippen LogP contribution >= 0.6 is 46.0 Å². The number of nitrogens with zero attached hydrogens (tertiary/aromatic N) is 4. The van der Waals surface area contributed by atoms with Crippen LogP contribution in [-0.4, -0.2) is 57.8 Å². The van der Waals surface area contributed by atoms with Crippen LogP contribution in [0.2, 0.25) is 4.34 Å². The van der Waals surface area contributed by atoms with Crippen LogP contribution in [0.3, 0.4) is 0 Å². The van der Waals surface area contributed by atoms with Gasteiger partial charge in [-0.25, -0.2) is 0 Å². The van der Waals surface area contributed by atoms with E-state index in [4.69, 9.17) is 11.6 Å². The van der Waals surface area contributed by atoms with Crippen molar-refractivity contribution in [3.05, 3.63) is 50.7 Å². The molecule has 1 fully saturated rings. The quantitative estimate of drug-likeness (QED) is 0.465. The fourth-order valence-electron chi connectivity index (χ4n) is 3.35. The Labute approximate surface area is 199 Å². The molecule has 10 heteroatoms. The van der Waals surface area contributed by atoms with Crippen molar-refractivity contribution in [2.75, 3.05) is 37.2 Å². The van der Waals surface area contributed by atoms with Gasteiger partial charge in [-0.2, -0.15) is 0 Å². The summed E-state index contributed by atoms with van der Waals surface area (Å²) in [6, 6.07) is 10.2. The van der Waals surface area contributed by atoms with E-state index < -0.39 is 0 Å². The number of rotatable bonds is 7. The molecule has 31 heavy (non-hydrogen) atoms. The Hall–Kier alpha value is -1.65. The molecule has 2 aromatic heterocycles. The van der Waals surface area contributed by atoms with Gasteiger partial charge in [0, 0.05) is 43.3 Å². The zero-order valence-electron chi connectivity index (χ0n) is 17.4. The zero-order chi connectivity index (χ0) is 21.8. The van der Waals surface area contributed by atoms with Crippen molar-refractivity contribution in [3.63, 3.8) is 0 Å². The SMILES string of the molecule is Cc1cccc(Nc2nnc(SCC(=O)N3CCN(Cc4ccc(Cl)s4)CC3)s2)c1C. The van der Waals surface area contributed by atoms with Crippen LogP contribution in [0.5, 0.6) is 0 Å². The maximum Gasteiger partial charge on any atom is 0.233 e. The number of thioether (sulfide) groups is 1. The van der Waals surface area contributed by atoms with Crippen LogP contribution in [0, 0.1) is 13.8 Å². The lowest BCUT2D eigenvalue weighted by Gasteiger charge is -2.34. The molecule has 0 aliphatic carbocycles. The smallest absolute Gasteiger partial charge is 0.233 e. The van der Waals surface area contributed by atoms with Crippen LogP contribution < -0.4 is 5.32 Å². The first-order valence-electron chi connectivity index (χ1n) is 10.0. The van der Waals surface area contributed by atoms with Crippen LogP contribution in [0.4, 0.5) is 10.8 Å². The largest absolute Gasteiger partial charge is 0.339 e. The minimum Gasteiger partial charge on any atom is -0.339 e. The van der Waals surface area contributed by atoms with Gasteiger partial charge < -0.3 is 10.2 Å². The van der Waals surface area contributed by atoms with Gasteiger partial charge in [-0.15, -0.1) is 21.5 Å².